The zero-order valence-electron chi connectivity index (χ0n) is 9.46. The van der Waals surface area contributed by atoms with Gasteiger partial charge < -0.3 is 9.57 Å². The molecule has 0 spiro atoms. The van der Waals surface area contributed by atoms with E-state index in [2.05, 4.69) is 31.5 Å². The van der Waals surface area contributed by atoms with Crippen LogP contribution in [0.1, 0.15) is 29.2 Å². The van der Waals surface area contributed by atoms with Crippen LogP contribution in [-0.4, -0.2) is 13.7 Å². The second-order valence-electron chi connectivity index (χ2n) is 4.01. The van der Waals surface area contributed by atoms with Crippen LogP contribution in [0.2, 0.25) is 0 Å². The molecule has 0 bridgehead atoms. The summed E-state index contributed by atoms with van der Waals surface area (Å²) in [6.45, 7) is 4.95. The predicted octanol–water partition coefficient (Wildman–Crippen LogP) is 2.28. The first-order valence-electron chi connectivity index (χ1n) is 5.25. The van der Waals surface area contributed by atoms with E-state index in [0.717, 1.165) is 18.8 Å². The number of fused-ring (bicyclic) bond motifs is 1. The summed E-state index contributed by atoms with van der Waals surface area (Å²) in [7, 11) is 1.65. The number of hydrogen-bond donors (Lipinski definition) is 1. The Kier molecular flexibility index (Phi) is 2.93. The second-order valence-corrected chi connectivity index (χ2v) is 4.01. The number of benzene rings is 1. The molecule has 3 heteroatoms. The number of nitrogens with one attached hydrogen (secondary N) is 1. The van der Waals surface area contributed by atoms with Crippen LogP contribution in [0.4, 0.5) is 0 Å². The van der Waals surface area contributed by atoms with Gasteiger partial charge in [-0.3, -0.25) is 0 Å². The first-order valence-corrected chi connectivity index (χ1v) is 5.25. The van der Waals surface area contributed by atoms with Gasteiger partial charge in [-0.1, -0.05) is 6.07 Å². The van der Waals surface area contributed by atoms with E-state index in [1.807, 2.05) is 0 Å². The van der Waals surface area contributed by atoms with Crippen molar-refractivity contribution >= 4 is 0 Å². The fourth-order valence-corrected chi connectivity index (χ4v) is 2.20. The van der Waals surface area contributed by atoms with Gasteiger partial charge >= 0.3 is 0 Å². The molecule has 1 aliphatic heterocycles. The highest BCUT2D eigenvalue weighted by molar-refractivity contribution is 5.45. The minimum atomic E-state index is 0.249. The Labute approximate surface area is 90.3 Å². The molecule has 82 valence electrons. The lowest BCUT2D eigenvalue weighted by molar-refractivity contribution is 0.0460. The van der Waals surface area contributed by atoms with Gasteiger partial charge in [0.15, 0.2) is 0 Å². The molecule has 3 nitrogen and oxygen atoms in total. The zero-order chi connectivity index (χ0) is 10.8. The van der Waals surface area contributed by atoms with E-state index in [9.17, 15) is 0 Å². The Hall–Kier alpha value is -1.06. The largest absolute Gasteiger partial charge is 0.493 e. The second kappa shape index (κ2) is 4.21. The van der Waals surface area contributed by atoms with E-state index >= 15 is 0 Å². The normalized spacial score (nSPS) is 19.5. The fraction of sp³-hybridized carbons (Fsp3) is 0.500. The van der Waals surface area contributed by atoms with Crippen molar-refractivity contribution in [3.8, 4) is 5.75 Å². The highest BCUT2D eigenvalue weighted by Gasteiger charge is 2.23. The van der Waals surface area contributed by atoms with Crippen LogP contribution in [-0.2, 0) is 4.84 Å². The van der Waals surface area contributed by atoms with Crippen molar-refractivity contribution < 1.29 is 9.57 Å². The Morgan fingerprint density at radius 2 is 2.20 bits per heavy atom. The van der Waals surface area contributed by atoms with E-state index < -0.39 is 0 Å². The van der Waals surface area contributed by atoms with Crippen LogP contribution < -0.4 is 10.2 Å². The quantitative estimate of drug-likeness (QED) is 0.755. The molecule has 1 unspecified atom stereocenters. The van der Waals surface area contributed by atoms with Crippen molar-refractivity contribution in [2.75, 3.05) is 13.7 Å². The summed E-state index contributed by atoms with van der Waals surface area (Å²) in [6, 6.07) is 4.52. The van der Waals surface area contributed by atoms with E-state index in [4.69, 9.17) is 9.57 Å². The van der Waals surface area contributed by atoms with Crippen LogP contribution in [0.15, 0.2) is 12.1 Å². The summed E-state index contributed by atoms with van der Waals surface area (Å²) in [6.07, 6.45) is 0.949. The average molecular weight is 207 g/mol. The third-order valence-corrected chi connectivity index (χ3v) is 2.77. The molecule has 2 rings (SSSR count). The maximum atomic E-state index is 5.67. The Balaban J connectivity index is 2.41. The molecule has 0 aliphatic carbocycles. The Morgan fingerprint density at radius 3 is 2.93 bits per heavy atom. The minimum Gasteiger partial charge on any atom is -0.493 e. The molecule has 1 heterocycles. The Morgan fingerprint density at radius 1 is 1.40 bits per heavy atom. The number of rotatable bonds is 2. The standard InChI is InChI=1S/C12H17NO2/c1-8-6-9(2)12-10(13-14-3)4-5-15-11(12)7-8/h6-7,10,13H,4-5H2,1-3H3. The van der Waals surface area contributed by atoms with Gasteiger partial charge in [-0.15, -0.1) is 0 Å². The summed E-state index contributed by atoms with van der Waals surface area (Å²) in [4.78, 5) is 5.02. The zero-order valence-corrected chi connectivity index (χ0v) is 9.46. The van der Waals surface area contributed by atoms with E-state index in [-0.39, 0.29) is 6.04 Å². The molecule has 0 saturated carbocycles. The predicted molar refractivity (Wildman–Crippen MR) is 58.9 cm³/mol. The first-order chi connectivity index (χ1) is 7.22. The van der Waals surface area contributed by atoms with Crippen molar-refractivity contribution in [3.05, 3.63) is 28.8 Å². The molecule has 0 radical (unpaired) electrons. The summed E-state index contributed by atoms with van der Waals surface area (Å²) in [5.74, 6) is 0.994. The van der Waals surface area contributed by atoms with Crippen molar-refractivity contribution in [3.63, 3.8) is 0 Å². The van der Waals surface area contributed by atoms with Gasteiger partial charge in [0, 0.05) is 12.0 Å². The fourth-order valence-electron chi connectivity index (χ4n) is 2.20. The van der Waals surface area contributed by atoms with Crippen LogP contribution >= 0.6 is 0 Å². The van der Waals surface area contributed by atoms with Crippen molar-refractivity contribution in [2.45, 2.75) is 26.3 Å². The number of aryl methyl sites for hydroxylation is 2. The van der Waals surface area contributed by atoms with Crippen LogP contribution in [0.5, 0.6) is 5.75 Å². The average Bonchev–Trinajstić information content (AvgIpc) is 2.17. The molecule has 15 heavy (non-hydrogen) atoms. The monoisotopic (exact) mass is 207 g/mol. The highest BCUT2D eigenvalue weighted by Crippen LogP contribution is 2.35. The van der Waals surface area contributed by atoms with Gasteiger partial charge in [-0.25, -0.2) is 0 Å². The molecule has 1 aliphatic rings. The van der Waals surface area contributed by atoms with Gasteiger partial charge in [0.2, 0.25) is 0 Å². The van der Waals surface area contributed by atoms with E-state index in [1.165, 1.54) is 16.7 Å². The molecule has 0 saturated heterocycles. The minimum absolute atomic E-state index is 0.249. The summed E-state index contributed by atoms with van der Waals surface area (Å²) in [5.41, 5.74) is 6.75. The molecule has 1 N–H and O–H groups in total. The highest BCUT2D eigenvalue weighted by atomic mass is 16.6. The molecule has 0 amide bonds. The number of hydroxylamine groups is 1. The molecule has 0 aromatic heterocycles. The summed E-state index contributed by atoms with van der Waals surface area (Å²) >= 11 is 0. The summed E-state index contributed by atoms with van der Waals surface area (Å²) in [5, 5.41) is 0. The lowest BCUT2D eigenvalue weighted by Gasteiger charge is -2.27. The topological polar surface area (TPSA) is 30.5 Å². The molecule has 1 atom stereocenters. The first kappa shape index (κ1) is 10.5. The molecule has 0 fully saturated rings. The third kappa shape index (κ3) is 1.98. The van der Waals surface area contributed by atoms with Crippen molar-refractivity contribution in [1.82, 2.24) is 5.48 Å². The van der Waals surface area contributed by atoms with Gasteiger partial charge in [0.05, 0.1) is 19.8 Å². The lowest BCUT2D eigenvalue weighted by atomic mass is 9.95. The van der Waals surface area contributed by atoms with Crippen LogP contribution in [0.25, 0.3) is 0 Å². The third-order valence-electron chi connectivity index (χ3n) is 2.77. The summed E-state index contributed by atoms with van der Waals surface area (Å²) < 4.78 is 5.67. The SMILES string of the molecule is CONC1CCOc2cc(C)cc(C)c21. The molecule has 1 aromatic carbocycles. The van der Waals surface area contributed by atoms with Crippen LogP contribution in [0.3, 0.4) is 0 Å². The van der Waals surface area contributed by atoms with E-state index in [0.29, 0.717) is 0 Å². The van der Waals surface area contributed by atoms with Crippen LogP contribution in [0, 0.1) is 13.8 Å². The van der Waals surface area contributed by atoms with E-state index in [1.54, 1.807) is 7.11 Å². The molecule has 1 aromatic rings. The van der Waals surface area contributed by atoms with Gasteiger partial charge in [-0.2, -0.15) is 5.48 Å². The molecular weight excluding hydrogens is 190 g/mol. The molecular formula is C12H17NO2. The van der Waals surface area contributed by atoms with Crippen molar-refractivity contribution in [1.29, 1.82) is 0 Å². The Bertz CT molecular complexity index is 363. The lowest BCUT2D eigenvalue weighted by Crippen LogP contribution is -2.27. The maximum Gasteiger partial charge on any atom is 0.124 e. The number of hydrogen-bond acceptors (Lipinski definition) is 3. The van der Waals surface area contributed by atoms with Crippen molar-refractivity contribution in [2.24, 2.45) is 0 Å². The number of ether oxygens (including phenoxy) is 1. The van der Waals surface area contributed by atoms with Gasteiger partial charge in [0.1, 0.15) is 5.75 Å². The van der Waals surface area contributed by atoms with Gasteiger partial charge in [0.25, 0.3) is 0 Å². The smallest absolute Gasteiger partial charge is 0.124 e. The maximum absolute atomic E-state index is 5.67. The van der Waals surface area contributed by atoms with Gasteiger partial charge in [-0.05, 0) is 31.0 Å².